The minimum atomic E-state index is 0.144. The number of likely N-dealkylation sites (tertiary alicyclic amines) is 2. The molecule has 2 aromatic heterocycles. The second-order valence-electron chi connectivity index (χ2n) is 6.70. The lowest BCUT2D eigenvalue weighted by atomic mass is 9.95. The molecule has 0 atom stereocenters. The van der Waals surface area contributed by atoms with Crippen molar-refractivity contribution < 1.29 is 4.79 Å². The van der Waals surface area contributed by atoms with Crippen molar-refractivity contribution >= 4 is 11.4 Å². The molecule has 0 unspecified atom stereocenters. The Bertz CT molecular complexity index is 681. The van der Waals surface area contributed by atoms with Gasteiger partial charge >= 0.3 is 0 Å². The summed E-state index contributed by atoms with van der Waals surface area (Å²) in [4.78, 5) is 17.1. The van der Waals surface area contributed by atoms with Crippen molar-refractivity contribution in [2.45, 2.75) is 25.8 Å². The van der Waals surface area contributed by atoms with E-state index in [1.54, 1.807) is 10.7 Å². The first-order valence-corrected chi connectivity index (χ1v) is 8.17. The number of amides is 1. The van der Waals surface area contributed by atoms with E-state index in [0.717, 1.165) is 30.1 Å². The number of pyridine rings is 1. The van der Waals surface area contributed by atoms with Gasteiger partial charge in [0.15, 0.2) is 0 Å². The van der Waals surface area contributed by atoms with E-state index in [1.807, 2.05) is 29.3 Å². The Morgan fingerprint density at radius 1 is 1.23 bits per heavy atom. The first kappa shape index (κ1) is 13.8. The van der Waals surface area contributed by atoms with Crippen LogP contribution < -0.4 is 0 Å². The first-order chi connectivity index (χ1) is 10.7. The van der Waals surface area contributed by atoms with E-state index in [2.05, 4.69) is 16.9 Å². The standard InChI is InChI=1S/C17H22N4O/c1-13-3-7-19(8-4-13)16-11-20(12-16)17(22)14-5-9-21-15(10-14)2-6-18-21/h2,5-6,9-10,13,16H,3-4,7-8,11-12H2,1H3. The third-order valence-electron chi connectivity index (χ3n) is 5.13. The Morgan fingerprint density at radius 3 is 2.77 bits per heavy atom. The van der Waals surface area contributed by atoms with Gasteiger partial charge in [0, 0.05) is 37.1 Å². The van der Waals surface area contributed by atoms with Gasteiger partial charge in [-0.15, -0.1) is 0 Å². The summed E-state index contributed by atoms with van der Waals surface area (Å²) >= 11 is 0. The average molecular weight is 298 g/mol. The summed E-state index contributed by atoms with van der Waals surface area (Å²) in [5.41, 5.74) is 1.73. The zero-order chi connectivity index (χ0) is 15.1. The van der Waals surface area contributed by atoms with E-state index in [4.69, 9.17) is 0 Å². The van der Waals surface area contributed by atoms with E-state index >= 15 is 0 Å². The SMILES string of the molecule is CC1CCN(C2CN(C(=O)c3ccn4nccc4c3)C2)CC1. The van der Waals surface area contributed by atoms with Crippen molar-refractivity contribution in [3.8, 4) is 0 Å². The predicted octanol–water partition coefficient (Wildman–Crippen LogP) is 1.89. The third kappa shape index (κ3) is 2.39. The van der Waals surface area contributed by atoms with Crippen LogP contribution >= 0.6 is 0 Å². The highest BCUT2D eigenvalue weighted by molar-refractivity contribution is 5.95. The van der Waals surface area contributed by atoms with Crippen LogP contribution in [0.3, 0.4) is 0 Å². The molecule has 2 aromatic rings. The zero-order valence-corrected chi connectivity index (χ0v) is 13.0. The van der Waals surface area contributed by atoms with Crippen molar-refractivity contribution in [1.82, 2.24) is 19.4 Å². The van der Waals surface area contributed by atoms with Gasteiger partial charge in [-0.2, -0.15) is 5.10 Å². The maximum absolute atomic E-state index is 12.6. The lowest BCUT2D eigenvalue weighted by Gasteiger charge is -2.47. The van der Waals surface area contributed by atoms with E-state index in [0.29, 0.717) is 6.04 Å². The molecule has 116 valence electrons. The summed E-state index contributed by atoms with van der Waals surface area (Å²) in [6.45, 7) is 6.46. The van der Waals surface area contributed by atoms with Crippen molar-refractivity contribution in [2.75, 3.05) is 26.2 Å². The molecule has 2 aliphatic rings. The number of fused-ring (bicyclic) bond motifs is 1. The van der Waals surface area contributed by atoms with Crippen LogP contribution in [-0.4, -0.2) is 57.5 Å². The minimum absolute atomic E-state index is 0.144. The summed E-state index contributed by atoms with van der Waals surface area (Å²) in [6.07, 6.45) is 6.19. The smallest absolute Gasteiger partial charge is 0.254 e. The molecule has 0 bridgehead atoms. The van der Waals surface area contributed by atoms with Gasteiger partial charge in [-0.05, 0) is 50.0 Å². The molecule has 2 aliphatic heterocycles. The van der Waals surface area contributed by atoms with Gasteiger partial charge in [-0.3, -0.25) is 9.69 Å². The van der Waals surface area contributed by atoms with E-state index < -0.39 is 0 Å². The van der Waals surface area contributed by atoms with E-state index in [9.17, 15) is 4.79 Å². The second kappa shape index (κ2) is 5.39. The van der Waals surface area contributed by atoms with Crippen LogP contribution in [0.2, 0.25) is 0 Å². The highest BCUT2D eigenvalue weighted by Crippen LogP contribution is 2.24. The summed E-state index contributed by atoms with van der Waals surface area (Å²) in [7, 11) is 0. The molecular weight excluding hydrogens is 276 g/mol. The van der Waals surface area contributed by atoms with Crippen LogP contribution in [0.25, 0.3) is 5.52 Å². The fraction of sp³-hybridized carbons (Fsp3) is 0.529. The van der Waals surface area contributed by atoms with Crippen molar-refractivity contribution in [3.05, 3.63) is 36.2 Å². The number of carbonyl (C=O) groups excluding carboxylic acids is 1. The van der Waals surface area contributed by atoms with Gasteiger partial charge in [-0.25, -0.2) is 4.52 Å². The molecule has 2 saturated heterocycles. The molecule has 0 spiro atoms. The number of piperidine rings is 1. The number of rotatable bonds is 2. The molecule has 5 heteroatoms. The van der Waals surface area contributed by atoms with Gasteiger partial charge < -0.3 is 4.90 Å². The fourth-order valence-corrected chi connectivity index (χ4v) is 3.48. The molecule has 22 heavy (non-hydrogen) atoms. The Morgan fingerprint density at radius 2 is 2.00 bits per heavy atom. The van der Waals surface area contributed by atoms with Crippen LogP contribution in [-0.2, 0) is 0 Å². The molecule has 0 N–H and O–H groups in total. The molecule has 0 aliphatic carbocycles. The van der Waals surface area contributed by atoms with Crippen molar-refractivity contribution in [2.24, 2.45) is 5.92 Å². The maximum Gasteiger partial charge on any atom is 0.254 e. The van der Waals surface area contributed by atoms with Gasteiger partial charge in [0.1, 0.15) is 0 Å². The van der Waals surface area contributed by atoms with E-state index in [1.165, 1.54) is 25.9 Å². The molecule has 5 nitrogen and oxygen atoms in total. The molecule has 0 radical (unpaired) electrons. The van der Waals surface area contributed by atoms with Crippen molar-refractivity contribution in [3.63, 3.8) is 0 Å². The Balaban J connectivity index is 1.38. The Labute approximate surface area is 130 Å². The second-order valence-corrected chi connectivity index (χ2v) is 6.70. The Kier molecular flexibility index (Phi) is 3.37. The minimum Gasteiger partial charge on any atom is -0.335 e. The summed E-state index contributed by atoms with van der Waals surface area (Å²) in [6, 6.07) is 6.27. The molecule has 0 aromatic carbocycles. The number of nitrogens with zero attached hydrogens (tertiary/aromatic N) is 4. The molecule has 0 saturated carbocycles. The van der Waals surface area contributed by atoms with E-state index in [-0.39, 0.29) is 5.91 Å². The summed E-state index contributed by atoms with van der Waals surface area (Å²) in [5.74, 6) is 1.00. The largest absolute Gasteiger partial charge is 0.335 e. The van der Waals surface area contributed by atoms with Gasteiger partial charge in [0.25, 0.3) is 5.91 Å². The maximum atomic E-state index is 12.6. The molecule has 1 amide bonds. The molecule has 4 rings (SSSR count). The average Bonchev–Trinajstić information content (AvgIpc) is 2.95. The van der Waals surface area contributed by atoms with Gasteiger partial charge in [0.2, 0.25) is 0 Å². The zero-order valence-electron chi connectivity index (χ0n) is 13.0. The third-order valence-corrected chi connectivity index (χ3v) is 5.13. The van der Waals surface area contributed by atoms with Crippen LogP contribution in [0.4, 0.5) is 0 Å². The number of hydrogen-bond donors (Lipinski definition) is 0. The topological polar surface area (TPSA) is 40.9 Å². The molecule has 4 heterocycles. The monoisotopic (exact) mass is 298 g/mol. The highest BCUT2D eigenvalue weighted by Gasteiger charge is 2.36. The number of hydrogen-bond acceptors (Lipinski definition) is 3. The number of carbonyl (C=O) groups is 1. The number of aromatic nitrogens is 2. The summed E-state index contributed by atoms with van der Waals surface area (Å²) in [5, 5.41) is 4.16. The van der Waals surface area contributed by atoms with Gasteiger partial charge in [0.05, 0.1) is 5.52 Å². The lowest BCUT2D eigenvalue weighted by molar-refractivity contribution is 0.0155. The first-order valence-electron chi connectivity index (χ1n) is 8.17. The van der Waals surface area contributed by atoms with Crippen LogP contribution in [0.5, 0.6) is 0 Å². The van der Waals surface area contributed by atoms with Crippen LogP contribution in [0.15, 0.2) is 30.6 Å². The quantitative estimate of drug-likeness (QED) is 0.850. The fourth-order valence-electron chi connectivity index (χ4n) is 3.48. The van der Waals surface area contributed by atoms with Crippen molar-refractivity contribution in [1.29, 1.82) is 0 Å². The van der Waals surface area contributed by atoms with Crippen LogP contribution in [0, 0.1) is 5.92 Å². The van der Waals surface area contributed by atoms with Gasteiger partial charge in [-0.1, -0.05) is 6.92 Å². The predicted molar refractivity (Wildman–Crippen MR) is 84.9 cm³/mol. The van der Waals surface area contributed by atoms with Crippen LogP contribution in [0.1, 0.15) is 30.1 Å². The Hall–Kier alpha value is -1.88. The molecule has 2 fully saturated rings. The molecular formula is C17H22N4O. The normalized spacial score (nSPS) is 21.2. The lowest BCUT2D eigenvalue weighted by Crippen LogP contribution is -2.62. The highest BCUT2D eigenvalue weighted by atomic mass is 16.2. The summed E-state index contributed by atoms with van der Waals surface area (Å²) < 4.78 is 1.78.